The summed E-state index contributed by atoms with van der Waals surface area (Å²) in [5.74, 6) is 1.73. The maximum atomic E-state index is 12.0. The Morgan fingerprint density at radius 1 is 1.18 bits per heavy atom. The summed E-state index contributed by atoms with van der Waals surface area (Å²) in [5, 5.41) is 4.10. The largest absolute Gasteiger partial charge is 0.366 e. The molecule has 0 amide bonds. The maximum Gasteiger partial charge on any atom is 0.282 e. The predicted molar refractivity (Wildman–Crippen MR) is 88.4 cm³/mol. The quantitative estimate of drug-likeness (QED) is 0.790. The number of hydrogen-bond donors (Lipinski definition) is 0. The molecule has 116 valence electrons. The maximum absolute atomic E-state index is 12.0. The van der Waals surface area contributed by atoms with Crippen LogP contribution in [0.5, 0.6) is 0 Å². The predicted octanol–water partition coefficient (Wildman–Crippen LogP) is 0.968. The summed E-state index contributed by atoms with van der Waals surface area (Å²) in [4.78, 5) is 24.9. The van der Waals surface area contributed by atoms with E-state index >= 15 is 0 Å². The molecule has 22 heavy (non-hydrogen) atoms. The fourth-order valence-corrected chi connectivity index (χ4v) is 3.13. The zero-order chi connectivity index (χ0) is 15.7. The van der Waals surface area contributed by atoms with Crippen molar-refractivity contribution < 1.29 is 0 Å². The number of hydrogen-bond acceptors (Lipinski definition) is 6. The molecular weight excluding hydrogens is 348 g/mol. The molecule has 8 heteroatoms. The Bertz CT molecular complexity index is 738. The van der Waals surface area contributed by atoms with Gasteiger partial charge in [-0.15, -0.1) is 0 Å². The van der Waals surface area contributed by atoms with Gasteiger partial charge in [0.1, 0.15) is 16.1 Å². The molecule has 0 unspecified atom stereocenters. The van der Waals surface area contributed by atoms with E-state index in [1.165, 1.54) is 4.68 Å². The Balaban J connectivity index is 1.75. The van der Waals surface area contributed by atoms with Gasteiger partial charge in [0, 0.05) is 39.4 Å². The normalized spacial score (nSPS) is 15.2. The minimum absolute atomic E-state index is 0.119. The van der Waals surface area contributed by atoms with E-state index in [0.717, 1.165) is 43.5 Å². The Morgan fingerprint density at radius 3 is 2.55 bits per heavy atom. The van der Waals surface area contributed by atoms with Crippen LogP contribution in [0.1, 0.15) is 5.82 Å². The monoisotopic (exact) mass is 364 g/mol. The van der Waals surface area contributed by atoms with Gasteiger partial charge in [-0.05, 0) is 28.9 Å². The molecule has 1 saturated heterocycles. The summed E-state index contributed by atoms with van der Waals surface area (Å²) in [7, 11) is 1.65. The summed E-state index contributed by atoms with van der Waals surface area (Å²) in [6.45, 7) is 5.21. The molecule has 0 spiro atoms. The first-order valence-corrected chi connectivity index (χ1v) is 7.87. The van der Waals surface area contributed by atoms with Gasteiger partial charge in [-0.25, -0.2) is 14.6 Å². The highest BCUT2D eigenvalue weighted by molar-refractivity contribution is 9.10. The molecule has 2 aromatic rings. The van der Waals surface area contributed by atoms with Crippen LogP contribution in [-0.4, -0.2) is 45.9 Å². The zero-order valence-corrected chi connectivity index (χ0v) is 14.1. The van der Waals surface area contributed by atoms with Gasteiger partial charge in [0.15, 0.2) is 0 Å². The molecule has 0 aromatic carbocycles. The number of anilines is 2. The van der Waals surface area contributed by atoms with Crippen molar-refractivity contribution >= 4 is 27.4 Å². The highest BCUT2D eigenvalue weighted by Crippen LogP contribution is 2.23. The smallest absolute Gasteiger partial charge is 0.282 e. The van der Waals surface area contributed by atoms with Gasteiger partial charge >= 0.3 is 0 Å². The molecule has 1 aliphatic rings. The Hall–Kier alpha value is -1.96. The summed E-state index contributed by atoms with van der Waals surface area (Å²) in [5.41, 5.74) is 0.730. The second-order valence-electron chi connectivity index (χ2n) is 5.21. The molecule has 3 heterocycles. The lowest BCUT2D eigenvalue weighted by atomic mass is 10.3. The summed E-state index contributed by atoms with van der Waals surface area (Å²) < 4.78 is 1.89. The number of aryl methyl sites for hydroxylation is 2. The van der Waals surface area contributed by atoms with Crippen molar-refractivity contribution in [3.05, 3.63) is 39.1 Å². The highest BCUT2D eigenvalue weighted by Gasteiger charge is 2.21. The van der Waals surface area contributed by atoms with Gasteiger partial charge in [0.2, 0.25) is 0 Å². The van der Waals surface area contributed by atoms with Gasteiger partial charge in [-0.2, -0.15) is 5.10 Å². The van der Waals surface area contributed by atoms with E-state index in [9.17, 15) is 4.79 Å². The molecule has 0 radical (unpaired) electrons. The summed E-state index contributed by atoms with van der Waals surface area (Å²) >= 11 is 3.39. The molecule has 0 atom stereocenters. The van der Waals surface area contributed by atoms with E-state index in [-0.39, 0.29) is 5.56 Å². The summed E-state index contributed by atoms with van der Waals surface area (Å²) in [6.07, 6.45) is 3.52. The number of aromatic nitrogens is 4. The van der Waals surface area contributed by atoms with Gasteiger partial charge in [-0.3, -0.25) is 4.79 Å². The SMILES string of the molecule is Cc1nccc(N2CCN(c3cnn(C)c(=O)c3Br)CC2)n1. The second-order valence-corrected chi connectivity index (χ2v) is 6.00. The average Bonchev–Trinajstić information content (AvgIpc) is 2.53. The van der Waals surface area contributed by atoms with Crippen LogP contribution < -0.4 is 15.4 Å². The van der Waals surface area contributed by atoms with Crippen LogP contribution in [-0.2, 0) is 7.05 Å². The van der Waals surface area contributed by atoms with Crippen molar-refractivity contribution in [2.75, 3.05) is 36.0 Å². The lowest BCUT2D eigenvalue weighted by molar-refractivity contribution is 0.634. The van der Waals surface area contributed by atoms with Crippen LogP contribution in [0, 0.1) is 6.92 Å². The Morgan fingerprint density at radius 2 is 1.86 bits per heavy atom. The van der Waals surface area contributed by atoms with E-state index in [4.69, 9.17) is 0 Å². The molecular formula is C14H17BrN6O. The van der Waals surface area contributed by atoms with Crippen molar-refractivity contribution in [2.24, 2.45) is 7.05 Å². The third kappa shape index (κ3) is 2.83. The van der Waals surface area contributed by atoms with Crippen LogP contribution in [0.2, 0.25) is 0 Å². The zero-order valence-electron chi connectivity index (χ0n) is 12.5. The first-order valence-electron chi connectivity index (χ1n) is 7.07. The molecule has 0 aliphatic carbocycles. The van der Waals surface area contributed by atoms with E-state index in [0.29, 0.717) is 4.47 Å². The van der Waals surface area contributed by atoms with Crippen LogP contribution in [0.4, 0.5) is 11.5 Å². The number of nitrogens with zero attached hydrogens (tertiary/aromatic N) is 6. The molecule has 2 aromatic heterocycles. The molecule has 0 bridgehead atoms. The lowest BCUT2D eigenvalue weighted by Gasteiger charge is -2.36. The molecule has 1 fully saturated rings. The minimum atomic E-state index is -0.119. The van der Waals surface area contributed by atoms with Crippen molar-refractivity contribution in [1.82, 2.24) is 19.7 Å². The number of halogens is 1. The molecule has 3 rings (SSSR count). The standard InChI is InChI=1S/C14H17BrN6O/c1-10-16-4-3-12(18-10)21-7-5-20(6-8-21)11-9-17-19(2)14(22)13(11)15/h3-4,9H,5-8H2,1-2H3. The van der Waals surface area contributed by atoms with Crippen LogP contribution in [0.3, 0.4) is 0 Å². The molecule has 0 saturated carbocycles. The van der Waals surface area contributed by atoms with Crippen LogP contribution in [0.25, 0.3) is 0 Å². The van der Waals surface area contributed by atoms with Crippen molar-refractivity contribution in [3.63, 3.8) is 0 Å². The highest BCUT2D eigenvalue weighted by atomic mass is 79.9. The van der Waals surface area contributed by atoms with E-state index in [1.807, 2.05) is 13.0 Å². The van der Waals surface area contributed by atoms with Gasteiger partial charge < -0.3 is 9.80 Å². The van der Waals surface area contributed by atoms with Gasteiger partial charge in [0.25, 0.3) is 5.56 Å². The van der Waals surface area contributed by atoms with Gasteiger partial charge in [-0.1, -0.05) is 0 Å². The fraction of sp³-hybridized carbons (Fsp3) is 0.429. The third-order valence-electron chi connectivity index (χ3n) is 3.77. The van der Waals surface area contributed by atoms with Gasteiger partial charge in [0.05, 0.1) is 11.9 Å². The van der Waals surface area contributed by atoms with Crippen molar-refractivity contribution in [3.8, 4) is 0 Å². The third-order valence-corrected chi connectivity index (χ3v) is 4.51. The number of rotatable bonds is 2. The summed E-state index contributed by atoms with van der Waals surface area (Å²) in [6, 6.07) is 1.93. The Kier molecular flexibility index (Phi) is 4.10. The minimum Gasteiger partial charge on any atom is -0.366 e. The fourth-order valence-electron chi connectivity index (χ4n) is 2.52. The van der Waals surface area contributed by atoms with Crippen LogP contribution in [0.15, 0.2) is 27.7 Å². The first-order chi connectivity index (χ1) is 10.6. The van der Waals surface area contributed by atoms with E-state index < -0.39 is 0 Å². The van der Waals surface area contributed by atoms with E-state index in [1.54, 1.807) is 19.4 Å². The number of piperazine rings is 1. The Labute approximate surface area is 136 Å². The van der Waals surface area contributed by atoms with Crippen molar-refractivity contribution in [2.45, 2.75) is 6.92 Å². The van der Waals surface area contributed by atoms with Crippen LogP contribution >= 0.6 is 15.9 Å². The molecule has 1 aliphatic heterocycles. The topological polar surface area (TPSA) is 67.2 Å². The first kappa shape index (κ1) is 15.0. The second kappa shape index (κ2) is 6.04. The van der Waals surface area contributed by atoms with Crippen molar-refractivity contribution in [1.29, 1.82) is 0 Å². The molecule has 0 N–H and O–H groups in total. The molecule has 7 nitrogen and oxygen atoms in total. The van der Waals surface area contributed by atoms with E-state index in [2.05, 4.69) is 40.8 Å². The lowest BCUT2D eigenvalue weighted by Crippen LogP contribution is -2.47. The average molecular weight is 365 g/mol.